The zero-order chi connectivity index (χ0) is 21.3. The summed E-state index contributed by atoms with van der Waals surface area (Å²) in [5.41, 5.74) is 6.21. The molecule has 5 fully saturated rings. The molecule has 5 aliphatic rings. The van der Waals surface area contributed by atoms with Crippen LogP contribution in [0.4, 0.5) is 0 Å². The van der Waals surface area contributed by atoms with Gasteiger partial charge in [-0.15, -0.1) is 0 Å². The average Bonchev–Trinajstić information content (AvgIpc) is 3.24. The second-order valence-electron chi connectivity index (χ2n) is 11.9. The Labute approximate surface area is 181 Å². The van der Waals surface area contributed by atoms with Crippen molar-refractivity contribution in [1.29, 1.82) is 0 Å². The van der Waals surface area contributed by atoms with Gasteiger partial charge in [-0.05, 0) is 81.5 Å². The highest BCUT2D eigenvalue weighted by Gasteiger charge is 2.66. The fourth-order valence-corrected chi connectivity index (χ4v) is 8.58. The third kappa shape index (κ3) is 2.87. The maximum Gasteiger partial charge on any atom is 0.142 e. The van der Waals surface area contributed by atoms with E-state index in [0.717, 1.165) is 69.9 Å². The molecule has 5 rings (SSSR count). The molecule has 5 aliphatic carbocycles. The fraction of sp³-hybridized carbons (Fsp3) is 0.920. The van der Waals surface area contributed by atoms with Crippen LogP contribution in [0.2, 0.25) is 0 Å². The first-order chi connectivity index (χ1) is 14.2. The van der Waals surface area contributed by atoms with Crippen molar-refractivity contribution in [2.45, 2.75) is 109 Å². The Morgan fingerprint density at radius 3 is 2.63 bits per heavy atom. The number of hydrogen-bond donors (Lipinski definition) is 2. The van der Waals surface area contributed by atoms with Crippen molar-refractivity contribution in [2.75, 3.05) is 0 Å². The lowest BCUT2D eigenvalue weighted by atomic mass is 9.41. The Balaban J connectivity index is 1.38. The number of nitrogens with two attached hydrogens (primary N) is 1. The van der Waals surface area contributed by atoms with Gasteiger partial charge in [0.25, 0.3) is 0 Å². The van der Waals surface area contributed by atoms with Crippen LogP contribution in [0.25, 0.3) is 0 Å². The van der Waals surface area contributed by atoms with Gasteiger partial charge in [-0.1, -0.05) is 25.9 Å². The summed E-state index contributed by atoms with van der Waals surface area (Å²) in [6, 6.07) is 0.0902. The predicted molar refractivity (Wildman–Crippen MR) is 117 cm³/mol. The van der Waals surface area contributed by atoms with Crippen LogP contribution in [0.3, 0.4) is 0 Å². The molecule has 0 heterocycles. The maximum atomic E-state index is 12.7. The van der Waals surface area contributed by atoms with E-state index in [2.05, 4.69) is 25.9 Å². The van der Waals surface area contributed by atoms with Crippen molar-refractivity contribution in [3.05, 3.63) is 0 Å². The van der Waals surface area contributed by atoms with Gasteiger partial charge in [0, 0.05) is 29.7 Å². The number of Topliss-reactive ketones (excluding diaryl/α,β-unsaturated/α-hetero) is 1. The summed E-state index contributed by atoms with van der Waals surface area (Å²) in [4.78, 5) is 18.5. The molecule has 30 heavy (non-hydrogen) atoms. The Morgan fingerprint density at radius 2 is 1.90 bits per heavy atom. The van der Waals surface area contributed by atoms with E-state index < -0.39 is 5.60 Å². The van der Waals surface area contributed by atoms with Gasteiger partial charge in [-0.2, -0.15) is 0 Å². The summed E-state index contributed by atoms with van der Waals surface area (Å²) in [7, 11) is 0. The second kappa shape index (κ2) is 7.03. The van der Waals surface area contributed by atoms with Crippen molar-refractivity contribution in [1.82, 2.24) is 0 Å². The van der Waals surface area contributed by atoms with Crippen LogP contribution >= 0.6 is 0 Å². The quantitative estimate of drug-likeness (QED) is 0.660. The van der Waals surface area contributed by atoms with Gasteiger partial charge in [0.2, 0.25) is 0 Å². The topological polar surface area (TPSA) is 84.9 Å². The molecule has 0 aromatic rings. The molecule has 3 N–H and O–H groups in total. The number of aliphatic hydroxyl groups is 1. The molecule has 0 spiro atoms. The van der Waals surface area contributed by atoms with E-state index in [9.17, 15) is 9.90 Å². The summed E-state index contributed by atoms with van der Waals surface area (Å²) in [6.07, 6.45) is 10.3. The number of rotatable bonds is 2. The molecule has 0 amide bonds. The predicted octanol–water partition coefficient (Wildman–Crippen LogP) is 4.21. The number of hydrogen-bond acceptors (Lipinski definition) is 5. The van der Waals surface area contributed by atoms with E-state index in [1.54, 1.807) is 0 Å². The van der Waals surface area contributed by atoms with E-state index in [4.69, 9.17) is 10.6 Å². The molecule has 9 atom stereocenters. The van der Waals surface area contributed by atoms with Crippen LogP contribution < -0.4 is 5.73 Å². The first-order valence-corrected chi connectivity index (χ1v) is 12.4. The molecule has 0 bridgehead atoms. The molecule has 0 radical (unpaired) electrons. The van der Waals surface area contributed by atoms with Gasteiger partial charge < -0.3 is 15.7 Å². The molecule has 5 heteroatoms. The summed E-state index contributed by atoms with van der Waals surface area (Å²) in [5, 5.41) is 16.5. The number of carbonyl (C=O) groups is 1. The minimum Gasteiger partial charge on any atom is -0.391 e. The fourth-order valence-electron chi connectivity index (χ4n) is 8.58. The second-order valence-corrected chi connectivity index (χ2v) is 11.9. The lowest BCUT2D eigenvalue weighted by Crippen LogP contribution is -2.64. The van der Waals surface area contributed by atoms with Crippen molar-refractivity contribution >= 4 is 11.5 Å². The molecule has 0 aliphatic heterocycles. The molecule has 0 saturated heterocycles. The van der Waals surface area contributed by atoms with Crippen molar-refractivity contribution in [3.8, 4) is 0 Å². The number of fused-ring (bicyclic) bond motifs is 5. The zero-order valence-electron chi connectivity index (χ0n) is 19.0. The maximum absolute atomic E-state index is 12.7. The van der Waals surface area contributed by atoms with E-state index in [-0.39, 0.29) is 23.0 Å². The van der Waals surface area contributed by atoms with Crippen LogP contribution in [0.15, 0.2) is 5.16 Å². The molecule has 0 aromatic carbocycles. The third-order valence-electron chi connectivity index (χ3n) is 10.5. The smallest absolute Gasteiger partial charge is 0.142 e. The molecular weight excluding hydrogens is 376 g/mol. The molecule has 5 saturated carbocycles. The Morgan fingerprint density at radius 1 is 1.10 bits per heavy atom. The standard InChI is InChI=1S/C25H40N2O3/c1-15-13-25(29)14-16(27-30-20-6-4-5-19(20)26)9-12-24(25,3)18-10-11-23(2)17(22(15)18)7-8-21(23)28/h15,17-20,22,29H,4-14,26H2,1-3H3/t15-,17+,18+,19?,20?,22+,23+,24-,25-/m1/s1. The first kappa shape index (κ1) is 20.9. The van der Waals surface area contributed by atoms with Crippen LogP contribution in [-0.4, -0.2) is 34.3 Å². The number of carbonyl (C=O) groups excluding carboxylic acids is 1. The van der Waals surface area contributed by atoms with Crippen LogP contribution in [0.1, 0.15) is 91.4 Å². The molecule has 168 valence electrons. The summed E-state index contributed by atoms with van der Waals surface area (Å²) in [6.45, 7) is 6.89. The Hall–Kier alpha value is -0.940. The van der Waals surface area contributed by atoms with Crippen LogP contribution in [0, 0.1) is 34.5 Å². The van der Waals surface area contributed by atoms with Crippen LogP contribution in [0.5, 0.6) is 0 Å². The number of ketones is 1. The average molecular weight is 417 g/mol. The van der Waals surface area contributed by atoms with Crippen molar-refractivity contribution < 1.29 is 14.7 Å². The molecule has 0 aromatic heterocycles. The highest BCUT2D eigenvalue weighted by atomic mass is 16.6. The SMILES string of the molecule is C[C@@H]1C[C@@]2(O)CC(=NOC3CCCC3N)CC[C@]2(C)[C@H]2CC[C@]3(C)C(=O)CC[C@H]3[C@H]12. The van der Waals surface area contributed by atoms with Gasteiger partial charge in [0.05, 0.1) is 11.3 Å². The highest BCUT2D eigenvalue weighted by molar-refractivity contribution is 5.87. The minimum atomic E-state index is -0.720. The largest absolute Gasteiger partial charge is 0.391 e. The summed E-state index contributed by atoms with van der Waals surface area (Å²) >= 11 is 0. The normalized spacial score (nSPS) is 54.6. The molecule has 5 nitrogen and oxygen atoms in total. The van der Waals surface area contributed by atoms with Gasteiger partial charge in [-0.3, -0.25) is 4.79 Å². The van der Waals surface area contributed by atoms with E-state index >= 15 is 0 Å². The molecular formula is C25H40N2O3. The Kier molecular flexibility index (Phi) is 4.91. The van der Waals surface area contributed by atoms with Crippen molar-refractivity contribution in [2.24, 2.45) is 45.4 Å². The summed E-state index contributed by atoms with van der Waals surface area (Å²) < 4.78 is 0. The summed E-state index contributed by atoms with van der Waals surface area (Å²) in [5.74, 6) is 2.49. The van der Waals surface area contributed by atoms with Crippen molar-refractivity contribution in [3.63, 3.8) is 0 Å². The monoisotopic (exact) mass is 416 g/mol. The molecule has 2 unspecified atom stereocenters. The van der Waals surface area contributed by atoms with Gasteiger partial charge in [-0.25, -0.2) is 0 Å². The lowest BCUT2D eigenvalue weighted by Gasteiger charge is -2.64. The minimum absolute atomic E-state index is 0.0334. The number of oxime groups is 1. The lowest BCUT2D eigenvalue weighted by molar-refractivity contribution is -0.206. The van der Waals surface area contributed by atoms with Gasteiger partial charge >= 0.3 is 0 Å². The van der Waals surface area contributed by atoms with E-state index in [0.29, 0.717) is 35.9 Å². The van der Waals surface area contributed by atoms with Gasteiger partial charge in [0.1, 0.15) is 11.9 Å². The van der Waals surface area contributed by atoms with Crippen LogP contribution in [-0.2, 0) is 9.63 Å². The highest BCUT2D eigenvalue weighted by Crippen LogP contribution is 2.67. The number of nitrogens with zero attached hydrogens (tertiary/aromatic N) is 1. The Bertz CT molecular complexity index is 753. The first-order valence-electron chi connectivity index (χ1n) is 12.4. The van der Waals surface area contributed by atoms with E-state index in [1.807, 2.05) is 0 Å². The van der Waals surface area contributed by atoms with Gasteiger partial charge in [0.15, 0.2) is 0 Å². The van der Waals surface area contributed by atoms with E-state index in [1.165, 1.54) is 0 Å². The third-order valence-corrected chi connectivity index (χ3v) is 10.5. The zero-order valence-corrected chi connectivity index (χ0v) is 19.0.